The molecule has 0 bridgehead atoms. The third-order valence-electron chi connectivity index (χ3n) is 2.68. The standard InChI is InChI=1S/C14H8ClFN2O3/c15-12-6-11(2-4-14(12)18(19)20)21-8-10-5-9(7-17)1-3-13(10)16/h1-6H,8H2. The van der Waals surface area contributed by atoms with Gasteiger partial charge in [0.2, 0.25) is 0 Å². The van der Waals surface area contributed by atoms with E-state index in [-0.39, 0.29) is 28.6 Å². The van der Waals surface area contributed by atoms with E-state index < -0.39 is 10.7 Å². The Balaban J connectivity index is 2.15. The number of nitrogens with zero attached hydrogens (tertiary/aromatic N) is 2. The molecule has 21 heavy (non-hydrogen) atoms. The molecule has 0 radical (unpaired) electrons. The van der Waals surface area contributed by atoms with Crippen LogP contribution in [0.4, 0.5) is 10.1 Å². The van der Waals surface area contributed by atoms with Gasteiger partial charge in [-0.2, -0.15) is 5.26 Å². The molecule has 0 atom stereocenters. The minimum absolute atomic E-state index is 0.0660. The summed E-state index contributed by atoms with van der Waals surface area (Å²) in [6.45, 7) is -0.116. The highest BCUT2D eigenvalue weighted by Gasteiger charge is 2.13. The number of hydrogen-bond donors (Lipinski definition) is 0. The van der Waals surface area contributed by atoms with Crippen LogP contribution in [0.2, 0.25) is 5.02 Å². The highest BCUT2D eigenvalue weighted by atomic mass is 35.5. The summed E-state index contributed by atoms with van der Waals surface area (Å²) in [4.78, 5) is 10.0. The summed E-state index contributed by atoms with van der Waals surface area (Å²) in [7, 11) is 0. The summed E-state index contributed by atoms with van der Waals surface area (Å²) in [5, 5.41) is 19.3. The molecule has 0 aliphatic heterocycles. The lowest BCUT2D eigenvalue weighted by molar-refractivity contribution is -0.384. The Morgan fingerprint density at radius 3 is 2.71 bits per heavy atom. The molecule has 0 saturated carbocycles. The molecule has 106 valence electrons. The fourth-order valence-corrected chi connectivity index (χ4v) is 1.88. The van der Waals surface area contributed by atoms with Gasteiger partial charge in [-0.3, -0.25) is 10.1 Å². The Morgan fingerprint density at radius 2 is 2.10 bits per heavy atom. The number of nitro benzene ring substituents is 1. The van der Waals surface area contributed by atoms with Crippen molar-refractivity contribution in [3.05, 3.63) is 68.5 Å². The van der Waals surface area contributed by atoms with Crippen LogP contribution in [0, 0.1) is 27.3 Å². The van der Waals surface area contributed by atoms with Crippen LogP contribution in [-0.4, -0.2) is 4.92 Å². The quantitative estimate of drug-likeness (QED) is 0.635. The van der Waals surface area contributed by atoms with Crippen molar-refractivity contribution < 1.29 is 14.1 Å². The van der Waals surface area contributed by atoms with Crippen LogP contribution in [-0.2, 0) is 6.61 Å². The van der Waals surface area contributed by atoms with Crippen molar-refractivity contribution in [3.63, 3.8) is 0 Å². The first-order chi connectivity index (χ1) is 10.0. The summed E-state index contributed by atoms with van der Waals surface area (Å²) in [5.41, 5.74) is 0.293. The van der Waals surface area contributed by atoms with Crippen molar-refractivity contribution >= 4 is 17.3 Å². The normalized spacial score (nSPS) is 9.95. The lowest BCUT2D eigenvalue weighted by atomic mass is 10.1. The third-order valence-corrected chi connectivity index (χ3v) is 2.99. The van der Waals surface area contributed by atoms with E-state index in [4.69, 9.17) is 21.6 Å². The van der Waals surface area contributed by atoms with Crippen molar-refractivity contribution in [2.75, 3.05) is 0 Å². The molecule has 5 nitrogen and oxygen atoms in total. The van der Waals surface area contributed by atoms with Gasteiger partial charge in [-0.15, -0.1) is 0 Å². The van der Waals surface area contributed by atoms with Crippen molar-refractivity contribution in [2.45, 2.75) is 6.61 Å². The van der Waals surface area contributed by atoms with E-state index in [0.717, 1.165) is 0 Å². The highest BCUT2D eigenvalue weighted by Crippen LogP contribution is 2.28. The summed E-state index contributed by atoms with van der Waals surface area (Å²) >= 11 is 5.75. The molecular formula is C14H8ClFN2O3. The van der Waals surface area contributed by atoms with Gasteiger partial charge in [0.1, 0.15) is 23.2 Å². The maximum Gasteiger partial charge on any atom is 0.288 e. The first kappa shape index (κ1) is 14.8. The van der Waals surface area contributed by atoms with Gasteiger partial charge in [-0.05, 0) is 24.3 Å². The van der Waals surface area contributed by atoms with Crippen molar-refractivity contribution in [2.24, 2.45) is 0 Å². The predicted molar refractivity (Wildman–Crippen MR) is 73.6 cm³/mol. The first-order valence-electron chi connectivity index (χ1n) is 5.76. The number of nitriles is 1. The molecule has 0 aliphatic rings. The van der Waals surface area contributed by atoms with Gasteiger partial charge in [0.15, 0.2) is 0 Å². The highest BCUT2D eigenvalue weighted by molar-refractivity contribution is 6.32. The van der Waals surface area contributed by atoms with E-state index in [1.54, 1.807) is 0 Å². The van der Waals surface area contributed by atoms with E-state index in [2.05, 4.69) is 0 Å². The molecule has 2 rings (SSSR count). The smallest absolute Gasteiger partial charge is 0.288 e. The average molecular weight is 307 g/mol. The van der Waals surface area contributed by atoms with Gasteiger partial charge >= 0.3 is 0 Å². The Bertz CT molecular complexity index is 743. The number of ether oxygens (including phenoxy) is 1. The minimum atomic E-state index is -0.609. The van der Waals surface area contributed by atoms with Crippen LogP contribution >= 0.6 is 11.6 Å². The molecule has 0 heterocycles. The van der Waals surface area contributed by atoms with Crippen LogP contribution in [0.3, 0.4) is 0 Å². The average Bonchev–Trinajstić information content (AvgIpc) is 2.46. The summed E-state index contributed by atoms with van der Waals surface area (Å²) in [5.74, 6) is -0.227. The zero-order valence-corrected chi connectivity index (χ0v) is 11.3. The SMILES string of the molecule is N#Cc1ccc(F)c(COc2ccc([N+](=O)[O-])c(Cl)c2)c1. The van der Waals surface area contributed by atoms with Crippen molar-refractivity contribution in [3.8, 4) is 11.8 Å². The molecule has 0 aromatic heterocycles. The van der Waals surface area contributed by atoms with Gasteiger partial charge in [-0.25, -0.2) is 4.39 Å². The summed E-state index contributed by atoms with van der Waals surface area (Å²) in [6, 6.07) is 9.69. The number of nitro groups is 1. The van der Waals surface area contributed by atoms with Gasteiger partial charge in [0, 0.05) is 17.7 Å². The van der Waals surface area contributed by atoms with Crippen LogP contribution in [0.1, 0.15) is 11.1 Å². The number of rotatable bonds is 4. The molecule has 7 heteroatoms. The number of halogens is 2. The Labute approximate surface area is 124 Å². The van der Waals surface area contributed by atoms with Crippen LogP contribution in [0.15, 0.2) is 36.4 Å². The van der Waals surface area contributed by atoms with E-state index in [0.29, 0.717) is 5.56 Å². The fourth-order valence-electron chi connectivity index (χ4n) is 1.64. The molecule has 0 N–H and O–H groups in total. The topological polar surface area (TPSA) is 76.2 Å². The monoisotopic (exact) mass is 306 g/mol. The zero-order chi connectivity index (χ0) is 15.4. The molecular weight excluding hydrogens is 299 g/mol. The largest absolute Gasteiger partial charge is 0.489 e. The second-order valence-electron chi connectivity index (χ2n) is 4.08. The molecule has 0 aliphatic carbocycles. The molecule has 0 spiro atoms. The van der Waals surface area contributed by atoms with E-state index in [1.165, 1.54) is 36.4 Å². The Morgan fingerprint density at radius 1 is 1.33 bits per heavy atom. The molecule has 0 fully saturated rings. The second-order valence-corrected chi connectivity index (χ2v) is 4.48. The molecule has 2 aromatic rings. The fraction of sp³-hybridized carbons (Fsp3) is 0.0714. The van der Waals surface area contributed by atoms with Crippen LogP contribution in [0.25, 0.3) is 0 Å². The third kappa shape index (κ3) is 3.46. The van der Waals surface area contributed by atoms with E-state index >= 15 is 0 Å². The lowest BCUT2D eigenvalue weighted by Crippen LogP contribution is -1.99. The van der Waals surface area contributed by atoms with Crippen LogP contribution < -0.4 is 4.74 Å². The van der Waals surface area contributed by atoms with Crippen molar-refractivity contribution in [1.29, 1.82) is 5.26 Å². The van der Waals surface area contributed by atoms with Gasteiger partial charge < -0.3 is 4.74 Å². The first-order valence-corrected chi connectivity index (χ1v) is 6.14. The molecule has 0 unspecified atom stereocenters. The van der Waals surface area contributed by atoms with E-state index in [9.17, 15) is 14.5 Å². The van der Waals surface area contributed by atoms with Gasteiger partial charge in [-0.1, -0.05) is 11.6 Å². The van der Waals surface area contributed by atoms with Crippen molar-refractivity contribution in [1.82, 2.24) is 0 Å². The van der Waals surface area contributed by atoms with Gasteiger partial charge in [0.05, 0.1) is 16.6 Å². The van der Waals surface area contributed by atoms with E-state index in [1.807, 2.05) is 6.07 Å². The molecule has 0 saturated heterocycles. The molecule has 2 aromatic carbocycles. The Hall–Kier alpha value is -2.65. The maximum absolute atomic E-state index is 13.6. The second kappa shape index (κ2) is 6.20. The minimum Gasteiger partial charge on any atom is -0.489 e. The predicted octanol–water partition coefficient (Wildman–Crippen LogP) is 3.84. The molecule has 0 amide bonds. The van der Waals surface area contributed by atoms with Gasteiger partial charge in [0.25, 0.3) is 5.69 Å². The number of benzene rings is 2. The summed E-state index contributed by atoms with van der Waals surface area (Å²) in [6.07, 6.45) is 0. The summed E-state index contributed by atoms with van der Waals surface area (Å²) < 4.78 is 18.9. The van der Waals surface area contributed by atoms with Crippen LogP contribution in [0.5, 0.6) is 5.75 Å². The maximum atomic E-state index is 13.6. The zero-order valence-electron chi connectivity index (χ0n) is 10.5. The number of hydrogen-bond acceptors (Lipinski definition) is 4. The Kier molecular flexibility index (Phi) is 4.36. The lowest BCUT2D eigenvalue weighted by Gasteiger charge is -2.08.